The van der Waals surface area contributed by atoms with Crippen molar-refractivity contribution >= 4 is 39.9 Å². The molecule has 1 aliphatic rings. The van der Waals surface area contributed by atoms with Crippen LogP contribution in [0.1, 0.15) is 32.5 Å². The summed E-state index contributed by atoms with van der Waals surface area (Å²) in [6, 6.07) is 16.6. The predicted octanol–water partition coefficient (Wildman–Crippen LogP) is 4.42. The third-order valence-corrected chi connectivity index (χ3v) is 6.25. The topological polar surface area (TPSA) is 96.8 Å². The maximum Gasteiger partial charge on any atom is 0.350 e. The fraction of sp³-hybridized carbons (Fsp3) is 0.120. The largest absolute Gasteiger partial charge is 0.507 e. The van der Waals surface area contributed by atoms with E-state index >= 15 is 0 Å². The lowest BCUT2D eigenvalue weighted by molar-refractivity contribution is -0.132. The van der Waals surface area contributed by atoms with Crippen molar-refractivity contribution < 1.29 is 24.2 Å². The van der Waals surface area contributed by atoms with Gasteiger partial charge in [0.1, 0.15) is 17.2 Å². The summed E-state index contributed by atoms with van der Waals surface area (Å²) in [4.78, 5) is 44.5. The van der Waals surface area contributed by atoms with Crippen LogP contribution in [0.15, 0.2) is 78.9 Å². The number of Topliss-reactive ketones (excluding diaryl/α,β-unsaturated/α-hetero) is 1. The number of rotatable bonds is 6. The van der Waals surface area contributed by atoms with Crippen LogP contribution in [0.4, 0.5) is 5.13 Å². The van der Waals surface area contributed by atoms with E-state index in [-0.39, 0.29) is 27.9 Å². The number of esters is 1. The molecule has 0 radical (unpaired) electrons. The molecule has 1 saturated heterocycles. The maximum atomic E-state index is 13.2. The number of aryl methyl sites for hydroxylation is 1. The van der Waals surface area contributed by atoms with Gasteiger partial charge in [-0.05, 0) is 12.5 Å². The fourth-order valence-corrected chi connectivity index (χ4v) is 4.59. The quantitative estimate of drug-likeness (QED) is 0.192. The van der Waals surface area contributed by atoms with Crippen molar-refractivity contribution in [3.8, 4) is 0 Å². The van der Waals surface area contributed by atoms with Crippen molar-refractivity contribution in [1.82, 2.24) is 4.98 Å². The van der Waals surface area contributed by atoms with E-state index in [9.17, 15) is 19.5 Å². The number of amides is 1. The summed E-state index contributed by atoms with van der Waals surface area (Å²) in [7, 11) is 0. The molecule has 1 fully saturated rings. The van der Waals surface area contributed by atoms with Crippen LogP contribution in [0.2, 0.25) is 0 Å². The number of ketones is 1. The molecule has 0 bridgehead atoms. The zero-order chi connectivity index (χ0) is 23.5. The fourth-order valence-electron chi connectivity index (χ4n) is 3.61. The van der Waals surface area contributed by atoms with Gasteiger partial charge in [0, 0.05) is 5.56 Å². The standard InChI is InChI=1S/C25H20N2O5S/c1-3-14-32-24(31)22-15(2)26-25(33-22)27-19(16-10-6-4-7-11-16)18(21(29)23(27)30)20(28)17-12-8-5-9-13-17/h3-13,19,28H,1,14H2,2H3/t19-/m0/s1. The number of carbonyl (C=O) groups is 3. The Labute approximate surface area is 194 Å². The second-order valence-electron chi connectivity index (χ2n) is 7.24. The molecule has 0 unspecified atom stereocenters. The van der Waals surface area contributed by atoms with Gasteiger partial charge in [0.25, 0.3) is 5.78 Å². The van der Waals surface area contributed by atoms with Crippen molar-refractivity contribution in [3.05, 3.63) is 101 Å². The third-order valence-electron chi connectivity index (χ3n) is 5.12. The first kappa shape index (κ1) is 22.2. The van der Waals surface area contributed by atoms with Crippen molar-refractivity contribution in [2.75, 3.05) is 11.5 Å². The first-order valence-electron chi connectivity index (χ1n) is 10.1. The van der Waals surface area contributed by atoms with E-state index in [1.54, 1.807) is 61.5 Å². The van der Waals surface area contributed by atoms with Gasteiger partial charge in [0.15, 0.2) is 5.13 Å². The predicted molar refractivity (Wildman–Crippen MR) is 125 cm³/mol. The van der Waals surface area contributed by atoms with E-state index in [1.165, 1.54) is 11.0 Å². The van der Waals surface area contributed by atoms with Gasteiger partial charge in [-0.15, -0.1) is 0 Å². The summed E-state index contributed by atoms with van der Waals surface area (Å²) in [6.45, 7) is 5.19. The van der Waals surface area contributed by atoms with Gasteiger partial charge in [0.05, 0.1) is 17.3 Å². The van der Waals surface area contributed by atoms with Crippen molar-refractivity contribution in [1.29, 1.82) is 0 Å². The lowest BCUT2D eigenvalue weighted by Gasteiger charge is -2.22. The Morgan fingerprint density at radius 2 is 1.79 bits per heavy atom. The Bertz CT molecular complexity index is 1260. The zero-order valence-corrected chi connectivity index (χ0v) is 18.5. The molecule has 0 spiro atoms. The molecule has 4 rings (SSSR count). The number of ether oxygens (including phenoxy) is 1. The van der Waals surface area contributed by atoms with Crippen LogP contribution in [0.25, 0.3) is 5.76 Å². The summed E-state index contributed by atoms with van der Waals surface area (Å²) in [6.07, 6.45) is 1.45. The number of benzene rings is 2. The van der Waals surface area contributed by atoms with Crippen LogP contribution in [0, 0.1) is 6.92 Å². The lowest BCUT2D eigenvalue weighted by Crippen LogP contribution is -2.29. The minimum atomic E-state index is -0.908. The monoisotopic (exact) mass is 460 g/mol. The molecular weight excluding hydrogens is 440 g/mol. The van der Waals surface area contributed by atoms with E-state index in [4.69, 9.17) is 4.74 Å². The molecule has 7 nitrogen and oxygen atoms in total. The SMILES string of the molecule is C=CCOC(=O)c1sc(N2C(=O)C(=O)C(=C(O)c3ccccc3)[C@@H]2c2ccccc2)nc1C. The average Bonchev–Trinajstić information content (AvgIpc) is 3.35. The number of thiazole rings is 1. The number of nitrogens with zero attached hydrogens (tertiary/aromatic N) is 2. The van der Waals surface area contributed by atoms with Crippen LogP contribution in [0.3, 0.4) is 0 Å². The van der Waals surface area contributed by atoms with E-state index in [0.717, 1.165) is 11.3 Å². The van der Waals surface area contributed by atoms with Crippen molar-refractivity contribution in [2.45, 2.75) is 13.0 Å². The second-order valence-corrected chi connectivity index (χ2v) is 8.22. The summed E-state index contributed by atoms with van der Waals surface area (Å²) in [5.41, 5.74) is 1.38. The Morgan fingerprint density at radius 3 is 2.42 bits per heavy atom. The Balaban J connectivity index is 1.86. The molecular formula is C25H20N2O5S. The molecule has 8 heteroatoms. The van der Waals surface area contributed by atoms with Gasteiger partial charge in [0.2, 0.25) is 0 Å². The van der Waals surface area contributed by atoms with Gasteiger partial charge in [-0.2, -0.15) is 0 Å². The highest BCUT2D eigenvalue weighted by molar-refractivity contribution is 7.17. The highest BCUT2D eigenvalue weighted by Gasteiger charge is 2.48. The molecule has 1 aromatic heterocycles. The Hall–Kier alpha value is -4.04. The molecule has 33 heavy (non-hydrogen) atoms. The Morgan fingerprint density at radius 1 is 1.15 bits per heavy atom. The van der Waals surface area contributed by atoms with Crippen LogP contribution in [-0.2, 0) is 14.3 Å². The first-order valence-corrected chi connectivity index (χ1v) is 10.9. The van der Waals surface area contributed by atoms with Crippen LogP contribution < -0.4 is 4.90 Å². The van der Waals surface area contributed by atoms with Gasteiger partial charge < -0.3 is 9.84 Å². The van der Waals surface area contributed by atoms with Crippen LogP contribution in [-0.4, -0.2) is 34.4 Å². The Kier molecular flexibility index (Phi) is 6.19. The van der Waals surface area contributed by atoms with Gasteiger partial charge in [-0.1, -0.05) is 84.7 Å². The lowest BCUT2D eigenvalue weighted by atomic mass is 9.95. The van der Waals surface area contributed by atoms with Crippen LogP contribution in [0.5, 0.6) is 0 Å². The number of aromatic nitrogens is 1. The van der Waals surface area contributed by atoms with Gasteiger partial charge in [-0.25, -0.2) is 9.78 Å². The van der Waals surface area contributed by atoms with E-state index in [2.05, 4.69) is 11.6 Å². The maximum absolute atomic E-state index is 13.2. The summed E-state index contributed by atoms with van der Waals surface area (Å²) in [5.74, 6) is -2.52. The highest BCUT2D eigenvalue weighted by Crippen LogP contribution is 2.43. The molecule has 2 aromatic carbocycles. The van der Waals surface area contributed by atoms with Crippen molar-refractivity contribution in [2.24, 2.45) is 0 Å². The molecule has 1 aliphatic heterocycles. The zero-order valence-electron chi connectivity index (χ0n) is 17.7. The summed E-state index contributed by atoms with van der Waals surface area (Å²) in [5, 5.41) is 11.2. The smallest absolute Gasteiger partial charge is 0.350 e. The molecule has 0 saturated carbocycles. The first-order chi connectivity index (χ1) is 15.9. The number of aliphatic hydroxyl groups is 1. The molecule has 3 aromatic rings. The molecule has 0 aliphatic carbocycles. The summed E-state index contributed by atoms with van der Waals surface area (Å²) >= 11 is 0.958. The number of carbonyl (C=O) groups excluding carboxylic acids is 3. The second kappa shape index (κ2) is 9.22. The number of anilines is 1. The third kappa shape index (κ3) is 4.08. The molecule has 1 N–H and O–H groups in total. The highest BCUT2D eigenvalue weighted by atomic mass is 32.1. The van der Waals surface area contributed by atoms with Crippen LogP contribution >= 0.6 is 11.3 Å². The molecule has 1 amide bonds. The molecule has 1 atom stereocenters. The van der Waals surface area contributed by atoms with Gasteiger partial charge >= 0.3 is 11.9 Å². The van der Waals surface area contributed by atoms with E-state index < -0.39 is 23.7 Å². The van der Waals surface area contributed by atoms with Gasteiger partial charge in [-0.3, -0.25) is 14.5 Å². The average molecular weight is 461 g/mol. The number of aliphatic hydroxyl groups excluding tert-OH is 1. The minimum absolute atomic E-state index is 0.0388. The number of hydrogen-bond acceptors (Lipinski definition) is 7. The minimum Gasteiger partial charge on any atom is -0.507 e. The molecule has 166 valence electrons. The van der Waals surface area contributed by atoms with E-state index in [1.807, 2.05) is 6.07 Å². The van der Waals surface area contributed by atoms with Crippen molar-refractivity contribution in [3.63, 3.8) is 0 Å². The number of hydrogen-bond donors (Lipinski definition) is 1. The normalized spacial score (nSPS) is 17.2. The molecule has 2 heterocycles. The summed E-state index contributed by atoms with van der Waals surface area (Å²) < 4.78 is 5.10. The van der Waals surface area contributed by atoms with E-state index in [0.29, 0.717) is 16.8 Å².